The highest BCUT2D eigenvalue weighted by Crippen LogP contribution is 2.23. The number of allylic oxidation sites excluding steroid dienone is 2. The lowest BCUT2D eigenvalue weighted by atomic mass is 10.1. The molecule has 0 atom stereocenters. The molecule has 0 spiro atoms. The van der Waals surface area contributed by atoms with Crippen molar-refractivity contribution in [1.29, 1.82) is 0 Å². The van der Waals surface area contributed by atoms with Gasteiger partial charge < -0.3 is 20.4 Å². The summed E-state index contributed by atoms with van der Waals surface area (Å²) < 4.78 is 0. The number of ketones is 1. The smallest absolute Gasteiger partial charge is 0.201 e. The maximum atomic E-state index is 10.9. The minimum absolute atomic E-state index is 0.0339. The predicted molar refractivity (Wildman–Crippen MR) is 66.3 cm³/mol. The molecular weight excluding hydrogens is 236 g/mol. The van der Waals surface area contributed by atoms with Crippen molar-refractivity contribution in [1.82, 2.24) is 0 Å². The maximum absolute atomic E-state index is 10.9. The molecule has 96 valence electrons. The van der Waals surface area contributed by atoms with Crippen LogP contribution in [-0.2, 0) is 4.79 Å². The third kappa shape index (κ3) is 2.82. The number of carbonyl (C=O) groups excluding carboxylic acids is 1. The summed E-state index contributed by atoms with van der Waals surface area (Å²) in [5, 5.41) is 37.9. The lowest BCUT2D eigenvalue weighted by molar-refractivity contribution is -0.116. The lowest BCUT2D eigenvalue weighted by Gasteiger charge is -2.07. The van der Waals surface area contributed by atoms with Gasteiger partial charge in [-0.25, -0.2) is 0 Å². The van der Waals surface area contributed by atoms with Crippen LogP contribution in [0.4, 0.5) is 0 Å². The summed E-state index contributed by atoms with van der Waals surface area (Å²) >= 11 is 0. The van der Waals surface area contributed by atoms with Crippen LogP contribution < -0.4 is 0 Å². The average molecular weight is 250 g/mol. The summed E-state index contributed by atoms with van der Waals surface area (Å²) in [4.78, 5) is 10.9. The van der Waals surface area contributed by atoms with Crippen LogP contribution in [0.5, 0.6) is 5.75 Å². The van der Waals surface area contributed by atoms with E-state index >= 15 is 0 Å². The number of phenols is 1. The molecule has 0 amide bonds. The Kier molecular flexibility index (Phi) is 3.99. The van der Waals surface area contributed by atoms with Gasteiger partial charge in [-0.1, -0.05) is 0 Å². The highest BCUT2D eigenvalue weighted by atomic mass is 16.3. The largest absolute Gasteiger partial charge is 0.508 e. The van der Waals surface area contributed by atoms with Crippen molar-refractivity contribution in [3.63, 3.8) is 0 Å². The van der Waals surface area contributed by atoms with Gasteiger partial charge in [-0.3, -0.25) is 4.79 Å². The van der Waals surface area contributed by atoms with Gasteiger partial charge in [-0.05, 0) is 31.2 Å². The van der Waals surface area contributed by atoms with Crippen LogP contribution in [-0.4, -0.2) is 26.2 Å². The molecule has 0 aliphatic carbocycles. The Morgan fingerprint density at radius 1 is 0.944 bits per heavy atom. The predicted octanol–water partition coefficient (Wildman–Crippen LogP) is 2.60. The first-order valence-corrected chi connectivity index (χ1v) is 5.17. The lowest BCUT2D eigenvalue weighted by Crippen LogP contribution is -2.03. The third-order valence-electron chi connectivity index (χ3n) is 2.41. The van der Waals surface area contributed by atoms with E-state index in [4.69, 9.17) is 5.11 Å². The molecule has 0 heterocycles. The fraction of sp³-hybridized carbons (Fsp3) is 0.154. The summed E-state index contributed by atoms with van der Waals surface area (Å²) in [5.74, 6) is -2.44. The first-order chi connectivity index (χ1) is 8.34. The number of carbonyl (C=O) groups is 1. The number of aliphatic hydroxyl groups excluding tert-OH is 3. The molecule has 5 heteroatoms. The summed E-state index contributed by atoms with van der Waals surface area (Å²) in [6.45, 7) is 2.45. The van der Waals surface area contributed by atoms with Crippen molar-refractivity contribution in [2.45, 2.75) is 13.8 Å². The second kappa shape index (κ2) is 5.27. The number of benzene rings is 1. The van der Waals surface area contributed by atoms with Gasteiger partial charge in [0, 0.05) is 18.1 Å². The van der Waals surface area contributed by atoms with Gasteiger partial charge in [0.05, 0.1) is 0 Å². The van der Waals surface area contributed by atoms with E-state index in [0.717, 1.165) is 6.92 Å². The Labute approximate surface area is 104 Å². The number of hydrogen-bond acceptors (Lipinski definition) is 5. The molecule has 4 N–H and O–H groups in total. The molecule has 0 saturated carbocycles. The van der Waals surface area contributed by atoms with Crippen molar-refractivity contribution in [2.24, 2.45) is 0 Å². The van der Waals surface area contributed by atoms with E-state index in [9.17, 15) is 20.1 Å². The SMILES string of the molecule is CC(=O)C(O)=C(O)C(C)=C(O)c1ccc(O)cc1. The zero-order valence-electron chi connectivity index (χ0n) is 10.0. The molecular formula is C13H14O5. The fourth-order valence-corrected chi connectivity index (χ4v) is 1.29. The van der Waals surface area contributed by atoms with E-state index in [0.29, 0.717) is 5.56 Å². The molecule has 0 aromatic heterocycles. The Morgan fingerprint density at radius 3 is 1.89 bits per heavy atom. The second-order valence-electron chi connectivity index (χ2n) is 3.77. The standard InChI is InChI=1S/C13H14O5/c1-7(12(17)13(18)8(2)14)11(16)9-3-5-10(15)6-4-9/h3-6,15-18H,1-2H3. The highest BCUT2D eigenvalue weighted by molar-refractivity contribution is 5.92. The Hall–Kier alpha value is -2.43. The molecule has 5 nitrogen and oxygen atoms in total. The molecule has 0 radical (unpaired) electrons. The van der Waals surface area contributed by atoms with E-state index in [1.807, 2.05) is 0 Å². The zero-order chi connectivity index (χ0) is 13.9. The quantitative estimate of drug-likeness (QED) is 0.375. The number of hydrogen-bond donors (Lipinski definition) is 4. The molecule has 0 fully saturated rings. The van der Waals surface area contributed by atoms with Crippen molar-refractivity contribution >= 4 is 11.5 Å². The van der Waals surface area contributed by atoms with Crippen LogP contribution in [0.2, 0.25) is 0 Å². The molecule has 1 aromatic rings. The van der Waals surface area contributed by atoms with Crippen molar-refractivity contribution in [3.05, 3.63) is 46.9 Å². The third-order valence-corrected chi connectivity index (χ3v) is 2.41. The first kappa shape index (κ1) is 13.6. The summed E-state index contributed by atoms with van der Waals surface area (Å²) in [6, 6.07) is 5.60. The summed E-state index contributed by atoms with van der Waals surface area (Å²) in [6.07, 6.45) is 0. The normalized spacial score (nSPS) is 13.7. The van der Waals surface area contributed by atoms with Gasteiger partial charge >= 0.3 is 0 Å². The van der Waals surface area contributed by atoms with E-state index in [1.165, 1.54) is 31.2 Å². The number of aliphatic hydroxyl groups is 3. The van der Waals surface area contributed by atoms with Crippen LogP contribution in [0.25, 0.3) is 5.76 Å². The Bertz CT molecular complexity index is 523. The van der Waals surface area contributed by atoms with Crippen LogP contribution in [0.15, 0.2) is 41.4 Å². The molecule has 0 unspecified atom stereocenters. The van der Waals surface area contributed by atoms with E-state index in [2.05, 4.69) is 0 Å². The second-order valence-corrected chi connectivity index (χ2v) is 3.77. The van der Waals surface area contributed by atoms with Crippen LogP contribution in [0.1, 0.15) is 19.4 Å². The molecule has 0 aliphatic rings. The average Bonchev–Trinajstić information content (AvgIpc) is 2.36. The summed E-state index contributed by atoms with van der Waals surface area (Å²) in [5.41, 5.74) is 0.307. The number of phenolic OH excluding ortho intramolecular Hbond substituents is 1. The topological polar surface area (TPSA) is 98.0 Å². The molecule has 0 aliphatic heterocycles. The minimum Gasteiger partial charge on any atom is -0.508 e. The van der Waals surface area contributed by atoms with E-state index in [-0.39, 0.29) is 17.1 Å². The van der Waals surface area contributed by atoms with Gasteiger partial charge in [0.25, 0.3) is 0 Å². The van der Waals surface area contributed by atoms with Gasteiger partial charge in [0.2, 0.25) is 5.76 Å². The Morgan fingerprint density at radius 2 is 1.44 bits per heavy atom. The highest BCUT2D eigenvalue weighted by Gasteiger charge is 2.15. The maximum Gasteiger partial charge on any atom is 0.201 e. The van der Waals surface area contributed by atoms with Crippen molar-refractivity contribution in [3.8, 4) is 5.75 Å². The minimum atomic E-state index is -0.808. The summed E-state index contributed by atoms with van der Waals surface area (Å²) in [7, 11) is 0. The van der Waals surface area contributed by atoms with Crippen LogP contribution >= 0.6 is 0 Å². The van der Waals surface area contributed by atoms with Crippen molar-refractivity contribution in [2.75, 3.05) is 0 Å². The van der Waals surface area contributed by atoms with E-state index < -0.39 is 17.3 Å². The fourth-order valence-electron chi connectivity index (χ4n) is 1.29. The number of Topliss-reactive ketones (excluding diaryl/α,β-unsaturated/α-hetero) is 1. The molecule has 0 saturated heterocycles. The van der Waals surface area contributed by atoms with Crippen LogP contribution in [0, 0.1) is 0 Å². The molecule has 18 heavy (non-hydrogen) atoms. The Balaban J connectivity index is 3.25. The molecule has 1 aromatic carbocycles. The van der Waals surface area contributed by atoms with Gasteiger partial charge in [-0.15, -0.1) is 0 Å². The number of aromatic hydroxyl groups is 1. The zero-order valence-corrected chi connectivity index (χ0v) is 10.0. The first-order valence-electron chi connectivity index (χ1n) is 5.17. The van der Waals surface area contributed by atoms with Crippen molar-refractivity contribution < 1.29 is 25.2 Å². The van der Waals surface area contributed by atoms with Gasteiger partial charge in [0.15, 0.2) is 11.5 Å². The monoisotopic (exact) mass is 250 g/mol. The van der Waals surface area contributed by atoms with Crippen LogP contribution in [0.3, 0.4) is 0 Å². The molecule has 1 rings (SSSR count). The van der Waals surface area contributed by atoms with E-state index in [1.54, 1.807) is 0 Å². The molecule has 0 bridgehead atoms. The van der Waals surface area contributed by atoms with Gasteiger partial charge in [-0.2, -0.15) is 0 Å². The number of rotatable bonds is 3. The van der Waals surface area contributed by atoms with Gasteiger partial charge in [0.1, 0.15) is 11.5 Å².